The smallest absolute Gasteiger partial charge is 0.157 e. The van der Waals surface area contributed by atoms with E-state index in [9.17, 15) is 4.57 Å². The van der Waals surface area contributed by atoms with Crippen LogP contribution in [0.25, 0.3) is 0 Å². The minimum absolute atomic E-state index is 0.0518. The van der Waals surface area contributed by atoms with E-state index in [4.69, 9.17) is 34.8 Å². The number of benzene rings is 2. The molecule has 0 atom stereocenters. The Morgan fingerprint density at radius 1 is 0.778 bits per heavy atom. The predicted octanol–water partition coefficient (Wildman–Crippen LogP) is 4.50. The zero-order valence-electron chi connectivity index (χ0n) is 9.32. The fraction of sp³-hybridized carbons (Fsp3) is 0.0769. The molecule has 0 aliphatic carbocycles. The van der Waals surface area contributed by atoms with Gasteiger partial charge in [-0.3, -0.25) is 0 Å². The number of alkyl halides is 1. The van der Waals surface area contributed by atoms with Gasteiger partial charge in [0.2, 0.25) is 0 Å². The van der Waals surface area contributed by atoms with Crippen molar-refractivity contribution in [2.75, 3.05) is 5.62 Å². The Balaban J connectivity index is 2.51. The van der Waals surface area contributed by atoms with Gasteiger partial charge in [-0.05, 0) is 48.5 Å². The van der Waals surface area contributed by atoms with Crippen molar-refractivity contribution in [1.29, 1.82) is 0 Å². The van der Waals surface area contributed by atoms with E-state index >= 15 is 0 Å². The summed E-state index contributed by atoms with van der Waals surface area (Å²) in [5, 5.41) is 2.61. The Morgan fingerprint density at radius 2 is 1.11 bits per heavy atom. The second-order valence-electron chi connectivity index (χ2n) is 3.81. The number of hydrogen-bond acceptors (Lipinski definition) is 1. The lowest BCUT2D eigenvalue weighted by atomic mass is 10.4. The third kappa shape index (κ3) is 2.75. The molecule has 1 nitrogen and oxygen atoms in total. The summed E-state index contributed by atoms with van der Waals surface area (Å²) in [6, 6.07) is 13.9. The molecule has 94 valence electrons. The highest BCUT2D eigenvalue weighted by molar-refractivity contribution is 7.79. The summed E-state index contributed by atoms with van der Waals surface area (Å²) in [4.78, 5) is 0. The van der Waals surface area contributed by atoms with Crippen LogP contribution in [0.1, 0.15) is 0 Å². The van der Waals surface area contributed by atoms with E-state index in [1.165, 1.54) is 0 Å². The van der Waals surface area contributed by atoms with Crippen molar-refractivity contribution in [3.8, 4) is 0 Å². The number of halogens is 3. The molecule has 0 aliphatic rings. The lowest BCUT2D eigenvalue weighted by Gasteiger charge is -2.16. The van der Waals surface area contributed by atoms with Gasteiger partial charge in [0.1, 0.15) is 0 Å². The minimum Gasteiger partial charge on any atom is -0.312 e. The zero-order chi connectivity index (χ0) is 13.2. The van der Waals surface area contributed by atoms with Crippen LogP contribution in [-0.4, -0.2) is 5.62 Å². The van der Waals surface area contributed by atoms with Crippen molar-refractivity contribution < 1.29 is 4.57 Å². The van der Waals surface area contributed by atoms with Crippen molar-refractivity contribution >= 4 is 52.6 Å². The van der Waals surface area contributed by atoms with Gasteiger partial charge in [-0.15, -0.1) is 11.6 Å². The summed E-state index contributed by atoms with van der Waals surface area (Å²) in [5.41, 5.74) is 0.0518. The molecule has 0 radical (unpaired) electrons. The Morgan fingerprint density at radius 3 is 1.39 bits per heavy atom. The van der Waals surface area contributed by atoms with Crippen LogP contribution < -0.4 is 10.6 Å². The van der Waals surface area contributed by atoms with Crippen LogP contribution in [0.5, 0.6) is 0 Å². The molecule has 0 N–H and O–H groups in total. The van der Waals surface area contributed by atoms with E-state index in [1.807, 2.05) is 0 Å². The largest absolute Gasteiger partial charge is 0.312 e. The quantitative estimate of drug-likeness (QED) is 0.601. The zero-order valence-corrected chi connectivity index (χ0v) is 12.5. The van der Waals surface area contributed by atoms with Crippen molar-refractivity contribution in [1.82, 2.24) is 0 Å². The van der Waals surface area contributed by atoms with Crippen LogP contribution in [0.2, 0.25) is 10.0 Å². The maximum absolute atomic E-state index is 13.0. The van der Waals surface area contributed by atoms with Gasteiger partial charge in [-0.1, -0.05) is 23.2 Å². The van der Waals surface area contributed by atoms with Crippen LogP contribution in [-0.2, 0) is 4.57 Å². The molecular formula is C13H10Cl3OP. The van der Waals surface area contributed by atoms with Gasteiger partial charge < -0.3 is 4.57 Å². The van der Waals surface area contributed by atoms with E-state index < -0.39 is 7.14 Å². The fourth-order valence-electron chi connectivity index (χ4n) is 1.65. The Hall–Kier alpha value is -0.460. The first-order chi connectivity index (χ1) is 8.56. The van der Waals surface area contributed by atoms with E-state index in [2.05, 4.69) is 0 Å². The van der Waals surface area contributed by atoms with Crippen molar-refractivity contribution in [2.24, 2.45) is 0 Å². The van der Waals surface area contributed by atoms with Gasteiger partial charge in [0.05, 0.1) is 5.62 Å². The lowest BCUT2D eigenvalue weighted by molar-refractivity contribution is 0.589. The lowest BCUT2D eigenvalue weighted by Crippen LogP contribution is -2.16. The highest BCUT2D eigenvalue weighted by Gasteiger charge is 2.25. The maximum Gasteiger partial charge on any atom is 0.157 e. The van der Waals surface area contributed by atoms with Crippen LogP contribution in [0.15, 0.2) is 48.5 Å². The summed E-state index contributed by atoms with van der Waals surface area (Å²) in [7, 11) is -2.80. The van der Waals surface area contributed by atoms with Gasteiger partial charge >= 0.3 is 0 Å². The molecule has 0 bridgehead atoms. The molecule has 0 aliphatic heterocycles. The van der Waals surface area contributed by atoms with Crippen molar-refractivity contribution in [2.45, 2.75) is 0 Å². The standard InChI is InChI=1S/C13H10Cl3OP/c14-9-18(17,12-5-1-10(15)2-6-12)13-7-3-11(16)4-8-13/h1-8H,9H2. The molecule has 0 heterocycles. The molecule has 0 fully saturated rings. The molecule has 0 spiro atoms. The molecule has 0 unspecified atom stereocenters. The summed E-state index contributed by atoms with van der Waals surface area (Å²) in [6.45, 7) is 0. The topological polar surface area (TPSA) is 17.1 Å². The molecule has 0 amide bonds. The van der Waals surface area contributed by atoms with Crippen LogP contribution in [0.3, 0.4) is 0 Å². The first kappa shape index (κ1) is 14.0. The predicted molar refractivity (Wildman–Crippen MR) is 80.5 cm³/mol. The highest BCUT2D eigenvalue weighted by Crippen LogP contribution is 2.44. The Kier molecular flexibility index (Phi) is 4.40. The van der Waals surface area contributed by atoms with Gasteiger partial charge in [-0.25, -0.2) is 0 Å². The summed E-state index contributed by atoms with van der Waals surface area (Å²) < 4.78 is 13.0. The first-order valence-electron chi connectivity index (χ1n) is 5.23. The third-order valence-corrected chi connectivity index (χ3v) is 6.77. The first-order valence-corrected chi connectivity index (χ1v) is 8.42. The summed E-state index contributed by atoms with van der Waals surface area (Å²) >= 11 is 17.6. The number of hydrogen-bond donors (Lipinski definition) is 0. The van der Waals surface area contributed by atoms with E-state index in [1.54, 1.807) is 48.5 Å². The third-order valence-electron chi connectivity index (χ3n) is 2.66. The maximum atomic E-state index is 13.0. The Bertz CT molecular complexity index is 529. The minimum atomic E-state index is -2.80. The molecule has 0 aromatic heterocycles. The van der Waals surface area contributed by atoms with Gasteiger partial charge in [0, 0.05) is 20.7 Å². The molecule has 2 aromatic carbocycles. The van der Waals surface area contributed by atoms with Crippen molar-refractivity contribution in [3.63, 3.8) is 0 Å². The summed E-state index contributed by atoms with van der Waals surface area (Å²) in [6.07, 6.45) is 0. The summed E-state index contributed by atoms with van der Waals surface area (Å²) in [5.74, 6) is 0. The van der Waals surface area contributed by atoms with E-state index in [0.29, 0.717) is 20.7 Å². The average Bonchev–Trinajstić information content (AvgIpc) is 2.39. The van der Waals surface area contributed by atoms with Crippen molar-refractivity contribution in [3.05, 3.63) is 58.6 Å². The van der Waals surface area contributed by atoms with Crippen LogP contribution >= 0.6 is 41.9 Å². The molecule has 2 rings (SSSR count). The van der Waals surface area contributed by atoms with Crippen LogP contribution in [0, 0.1) is 0 Å². The highest BCUT2D eigenvalue weighted by atomic mass is 35.5. The molecule has 0 saturated carbocycles. The normalized spacial score (nSPS) is 11.5. The average molecular weight is 320 g/mol. The van der Waals surface area contributed by atoms with E-state index in [-0.39, 0.29) is 5.62 Å². The monoisotopic (exact) mass is 318 g/mol. The van der Waals surface area contributed by atoms with E-state index in [0.717, 1.165) is 0 Å². The molecule has 18 heavy (non-hydrogen) atoms. The van der Waals surface area contributed by atoms with Gasteiger partial charge in [0.25, 0.3) is 0 Å². The van der Waals surface area contributed by atoms with Crippen LogP contribution in [0.4, 0.5) is 0 Å². The molecule has 0 saturated heterocycles. The molecule has 2 aromatic rings. The Labute approximate surface area is 121 Å². The van der Waals surface area contributed by atoms with Gasteiger partial charge in [0.15, 0.2) is 7.14 Å². The number of rotatable bonds is 3. The molecule has 5 heteroatoms. The second kappa shape index (κ2) is 5.67. The second-order valence-corrected chi connectivity index (χ2v) is 8.15. The fourth-order valence-corrected chi connectivity index (χ4v) is 4.57. The van der Waals surface area contributed by atoms with Gasteiger partial charge in [-0.2, -0.15) is 0 Å². The molecular weight excluding hydrogens is 309 g/mol. The SMILES string of the molecule is O=P(CCl)(c1ccc(Cl)cc1)c1ccc(Cl)cc1.